The van der Waals surface area contributed by atoms with Gasteiger partial charge in [-0.05, 0) is 36.6 Å². The van der Waals surface area contributed by atoms with E-state index >= 15 is 0 Å². The lowest BCUT2D eigenvalue weighted by Crippen LogP contribution is -2.43. The molecule has 1 atom stereocenters. The number of benzene rings is 1. The van der Waals surface area contributed by atoms with Gasteiger partial charge in [-0.1, -0.05) is 26.0 Å². The van der Waals surface area contributed by atoms with Crippen molar-refractivity contribution in [3.05, 3.63) is 59.4 Å². The first-order valence-electron chi connectivity index (χ1n) is 10.0. The van der Waals surface area contributed by atoms with Gasteiger partial charge in [-0.25, -0.2) is 14.4 Å². The summed E-state index contributed by atoms with van der Waals surface area (Å²) in [5, 5.41) is 0. The normalized spacial score (nSPS) is 19.1. The molecule has 3 rings (SSSR count). The second kappa shape index (κ2) is 10.0. The second-order valence-electron chi connectivity index (χ2n) is 7.94. The van der Waals surface area contributed by atoms with Crippen LogP contribution >= 0.6 is 0 Å². The van der Waals surface area contributed by atoms with E-state index in [2.05, 4.69) is 33.6 Å². The Hall–Kier alpha value is -1.89. The molecule has 0 amide bonds. The van der Waals surface area contributed by atoms with Crippen molar-refractivity contribution < 1.29 is 9.13 Å². The monoisotopic (exact) mass is 386 g/mol. The van der Waals surface area contributed by atoms with Gasteiger partial charge in [0.15, 0.2) is 5.82 Å². The van der Waals surface area contributed by atoms with Crippen LogP contribution in [0.25, 0.3) is 0 Å². The number of rotatable bonds is 7. The summed E-state index contributed by atoms with van der Waals surface area (Å²) in [6.45, 7) is 9.87. The molecular weight excluding hydrogens is 355 g/mol. The molecule has 1 aliphatic heterocycles. The molecule has 1 aromatic heterocycles. The largest absolute Gasteiger partial charge is 0.377 e. The zero-order chi connectivity index (χ0) is 19.9. The van der Waals surface area contributed by atoms with Gasteiger partial charge in [-0.3, -0.25) is 9.80 Å². The van der Waals surface area contributed by atoms with Crippen molar-refractivity contribution in [1.29, 1.82) is 0 Å². The van der Waals surface area contributed by atoms with Crippen LogP contribution in [0.15, 0.2) is 36.7 Å². The Balaban J connectivity index is 1.65. The minimum Gasteiger partial charge on any atom is -0.377 e. The van der Waals surface area contributed by atoms with E-state index in [0.29, 0.717) is 24.4 Å². The highest BCUT2D eigenvalue weighted by molar-refractivity contribution is 5.16. The van der Waals surface area contributed by atoms with Crippen LogP contribution in [0.4, 0.5) is 4.39 Å². The molecular formula is C22H31FN4O. The number of hydrogen-bond acceptors (Lipinski definition) is 5. The Morgan fingerprint density at radius 2 is 1.79 bits per heavy atom. The van der Waals surface area contributed by atoms with Gasteiger partial charge in [0, 0.05) is 57.3 Å². The van der Waals surface area contributed by atoms with Gasteiger partial charge >= 0.3 is 0 Å². The smallest absolute Gasteiger partial charge is 0.153 e. The topological polar surface area (TPSA) is 41.5 Å². The Labute approximate surface area is 167 Å². The van der Waals surface area contributed by atoms with Crippen molar-refractivity contribution >= 4 is 0 Å². The van der Waals surface area contributed by atoms with Crippen molar-refractivity contribution in [2.75, 3.05) is 26.7 Å². The van der Waals surface area contributed by atoms with E-state index in [1.807, 2.05) is 24.5 Å². The molecule has 0 saturated carbocycles. The highest BCUT2D eigenvalue weighted by Crippen LogP contribution is 2.21. The molecule has 0 radical (unpaired) electrons. The van der Waals surface area contributed by atoms with Crippen LogP contribution in [-0.4, -0.2) is 52.6 Å². The molecule has 2 aromatic rings. The predicted molar refractivity (Wildman–Crippen MR) is 108 cm³/mol. The van der Waals surface area contributed by atoms with Crippen molar-refractivity contribution in [3.8, 4) is 0 Å². The highest BCUT2D eigenvalue weighted by atomic mass is 19.1. The van der Waals surface area contributed by atoms with E-state index in [-0.39, 0.29) is 5.82 Å². The van der Waals surface area contributed by atoms with Crippen LogP contribution in [0.3, 0.4) is 0 Å². The lowest BCUT2D eigenvalue weighted by atomic mass is 10.0. The minimum atomic E-state index is -0.176. The number of ether oxygens (including phenoxy) is 1. The summed E-state index contributed by atoms with van der Waals surface area (Å²) < 4.78 is 18.3. The number of methoxy groups -OCH3 is 1. The van der Waals surface area contributed by atoms with Gasteiger partial charge in [0.25, 0.3) is 0 Å². The van der Waals surface area contributed by atoms with Gasteiger partial charge in [-0.2, -0.15) is 0 Å². The maximum absolute atomic E-state index is 13.2. The summed E-state index contributed by atoms with van der Waals surface area (Å²) in [6, 6.07) is 7.36. The fourth-order valence-electron chi connectivity index (χ4n) is 3.86. The summed E-state index contributed by atoms with van der Waals surface area (Å²) in [5.41, 5.74) is 2.30. The molecule has 152 valence electrons. The first-order chi connectivity index (χ1) is 13.5. The number of hydrogen-bond donors (Lipinski definition) is 0. The second-order valence-corrected chi connectivity index (χ2v) is 7.94. The van der Waals surface area contributed by atoms with Gasteiger partial charge in [0.05, 0.1) is 0 Å². The Morgan fingerprint density at radius 1 is 1.07 bits per heavy atom. The van der Waals surface area contributed by atoms with Gasteiger partial charge in [0.2, 0.25) is 0 Å². The van der Waals surface area contributed by atoms with Crippen LogP contribution in [0.1, 0.15) is 37.2 Å². The highest BCUT2D eigenvalue weighted by Gasteiger charge is 2.27. The van der Waals surface area contributed by atoms with E-state index in [1.54, 1.807) is 19.2 Å². The summed E-state index contributed by atoms with van der Waals surface area (Å²) in [5.74, 6) is 1.08. The molecule has 0 spiro atoms. The van der Waals surface area contributed by atoms with Crippen LogP contribution in [0, 0.1) is 11.7 Å². The average Bonchev–Trinajstić information content (AvgIpc) is 2.88. The van der Waals surface area contributed by atoms with Gasteiger partial charge < -0.3 is 4.74 Å². The van der Waals surface area contributed by atoms with E-state index in [0.717, 1.165) is 44.7 Å². The third kappa shape index (κ3) is 5.80. The lowest BCUT2D eigenvalue weighted by Gasteiger charge is -2.34. The SMILES string of the molecule is COCc1ncc(CN2CCCN(Cc3ccc(F)cc3)[C@@H](C(C)C)C2)cn1. The standard InChI is InChI=1S/C22H31FN4O/c1-17(2)21-15-26(13-19-11-24-22(16-28-3)25-12-19)9-4-10-27(21)14-18-5-7-20(23)8-6-18/h5-8,11-12,17,21H,4,9-10,13-16H2,1-3H3/t21-/m1/s1. The zero-order valence-corrected chi connectivity index (χ0v) is 17.1. The minimum absolute atomic E-state index is 0.176. The molecule has 0 bridgehead atoms. The summed E-state index contributed by atoms with van der Waals surface area (Å²) in [7, 11) is 1.65. The summed E-state index contributed by atoms with van der Waals surface area (Å²) in [6.07, 6.45) is 4.94. The Kier molecular flexibility index (Phi) is 7.48. The van der Waals surface area contributed by atoms with Crippen molar-refractivity contribution in [3.63, 3.8) is 0 Å². The van der Waals surface area contributed by atoms with Crippen LogP contribution < -0.4 is 0 Å². The molecule has 5 nitrogen and oxygen atoms in total. The van der Waals surface area contributed by atoms with Crippen LogP contribution in [-0.2, 0) is 24.4 Å². The van der Waals surface area contributed by atoms with Gasteiger partial charge in [0.1, 0.15) is 12.4 Å². The summed E-state index contributed by atoms with van der Waals surface area (Å²) >= 11 is 0. The third-order valence-corrected chi connectivity index (χ3v) is 5.34. The average molecular weight is 387 g/mol. The van der Waals surface area contributed by atoms with E-state index in [4.69, 9.17) is 4.74 Å². The zero-order valence-electron chi connectivity index (χ0n) is 17.1. The lowest BCUT2D eigenvalue weighted by molar-refractivity contribution is 0.130. The predicted octanol–water partition coefficient (Wildman–Crippen LogP) is 3.49. The van der Waals surface area contributed by atoms with Crippen LogP contribution in [0.2, 0.25) is 0 Å². The first kappa shape index (κ1) is 20.8. The van der Waals surface area contributed by atoms with E-state index in [9.17, 15) is 4.39 Å². The molecule has 0 unspecified atom stereocenters. The molecule has 6 heteroatoms. The quantitative estimate of drug-likeness (QED) is 0.729. The molecule has 28 heavy (non-hydrogen) atoms. The van der Waals surface area contributed by atoms with Crippen LogP contribution in [0.5, 0.6) is 0 Å². The van der Waals surface area contributed by atoms with E-state index < -0.39 is 0 Å². The number of aromatic nitrogens is 2. The molecule has 1 aliphatic rings. The molecule has 1 aromatic carbocycles. The number of nitrogens with zero attached hydrogens (tertiary/aromatic N) is 4. The Morgan fingerprint density at radius 3 is 2.43 bits per heavy atom. The fourth-order valence-corrected chi connectivity index (χ4v) is 3.86. The molecule has 2 heterocycles. The number of halogens is 1. The molecule has 0 aliphatic carbocycles. The maximum Gasteiger partial charge on any atom is 0.153 e. The van der Waals surface area contributed by atoms with Crippen molar-refractivity contribution in [2.24, 2.45) is 5.92 Å². The molecule has 0 N–H and O–H groups in total. The van der Waals surface area contributed by atoms with E-state index in [1.165, 1.54) is 5.56 Å². The fraction of sp³-hybridized carbons (Fsp3) is 0.545. The maximum atomic E-state index is 13.2. The molecule has 1 fully saturated rings. The summed E-state index contributed by atoms with van der Waals surface area (Å²) in [4.78, 5) is 13.8. The molecule has 1 saturated heterocycles. The van der Waals surface area contributed by atoms with Gasteiger partial charge in [-0.15, -0.1) is 0 Å². The van der Waals surface area contributed by atoms with Crippen molar-refractivity contribution in [1.82, 2.24) is 19.8 Å². The first-order valence-corrected chi connectivity index (χ1v) is 10.0. The Bertz CT molecular complexity index is 720. The third-order valence-electron chi connectivity index (χ3n) is 5.34. The van der Waals surface area contributed by atoms with Crippen molar-refractivity contribution in [2.45, 2.75) is 46.0 Å².